The van der Waals surface area contributed by atoms with Crippen LogP contribution in [0.1, 0.15) is 28.8 Å². The van der Waals surface area contributed by atoms with Gasteiger partial charge in [-0.3, -0.25) is 4.79 Å². The number of hydrogen-bond donors (Lipinski definition) is 1. The highest BCUT2D eigenvalue weighted by atomic mass is 32.2. The number of methoxy groups -OCH3 is 1. The van der Waals surface area contributed by atoms with Crippen molar-refractivity contribution in [3.63, 3.8) is 0 Å². The molecule has 0 radical (unpaired) electrons. The quantitative estimate of drug-likeness (QED) is 0.767. The maximum atomic E-state index is 13.2. The number of amides is 1. The largest absolute Gasteiger partial charge is 0.495 e. The predicted octanol–water partition coefficient (Wildman–Crippen LogP) is 2.59. The van der Waals surface area contributed by atoms with Gasteiger partial charge in [-0.25, -0.2) is 12.8 Å². The number of rotatable bonds is 7. The fourth-order valence-electron chi connectivity index (χ4n) is 3.20. The van der Waals surface area contributed by atoms with E-state index in [-0.39, 0.29) is 22.0 Å². The molecule has 1 fully saturated rings. The first-order valence-electron chi connectivity index (χ1n) is 9.12. The minimum absolute atomic E-state index is 0.00493. The zero-order chi connectivity index (χ0) is 20.1. The van der Waals surface area contributed by atoms with Gasteiger partial charge in [0.25, 0.3) is 5.91 Å². The molecule has 0 aromatic heterocycles. The van der Waals surface area contributed by atoms with Crippen LogP contribution in [0.5, 0.6) is 5.75 Å². The second kappa shape index (κ2) is 8.70. The second-order valence-corrected chi connectivity index (χ2v) is 8.52. The van der Waals surface area contributed by atoms with Crippen LogP contribution in [0.15, 0.2) is 47.4 Å². The molecular formula is C20H23FN2O4S. The highest BCUT2D eigenvalue weighted by Crippen LogP contribution is 2.29. The van der Waals surface area contributed by atoms with Crippen LogP contribution in [-0.2, 0) is 16.4 Å². The molecule has 6 nitrogen and oxygen atoms in total. The van der Waals surface area contributed by atoms with Crippen LogP contribution in [0.3, 0.4) is 0 Å². The molecule has 2 aromatic rings. The van der Waals surface area contributed by atoms with Crippen LogP contribution in [0.2, 0.25) is 0 Å². The SMILES string of the molecule is COc1ccc(C(=O)NCCc2cccc(F)c2)cc1S(=O)(=O)N1CCCC1. The third-order valence-corrected chi connectivity index (χ3v) is 6.62. The van der Waals surface area contributed by atoms with Crippen LogP contribution in [0.4, 0.5) is 4.39 Å². The molecule has 1 amide bonds. The predicted molar refractivity (Wildman–Crippen MR) is 103 cm³/mol. The van der Waals surface area contributed by atoms with Crippen molar-refractivity contribution in [2.75, 3.05) is 26.7 Å². The lowest BCUT2D eigenvalue weighted by molar-refractivity contribution is 0.0954. The summed E-state index contributed by atoms with van der Waals surface area (Å²) in [6.45, 7) is 1.24. The van der Waals surface area contributed by atoms with Gasteiger partial charge >= 0.3 is 0 Å². The van der Waals surface area contributed by atoms with Gasteiger partial charge in [0.1, 0.15) is 16.5 Å². The van der Waals surface area contributed by atoms with Crippen molar-refractivity contribution in [1.29, 1.82) is 0 Å². The van der Waals surface area contributed by atoms with Crippen molar-refractivity contribution in [3.8, 4) is 5.75 Å². The van der Waals surface area contributed by atoms with Gasteiger partial charge in [-0.2, -0.15) is 4.31 Å². The lowest BCUT2D eigenvalue weighted by Crippen LogP contribution is -2.29. The number of hydrogen-bond acceptors (Lipinski definition) is 4. The van der Waals surface area contributed by atoms with Crippen molar-refractivity contribution in [3.05, 3.63) is 59.4 Å². The fraction of sp³-hybridized carbons (Fsp3) is 0.350. The zero-order valence-electron chi connectivity index (χ0n) is 15.7. The molecular weight excluding hydrogens is 383 g/mol. The Morgan fingerprint density at radius 3 is 2.61 bits per heavy atom. The van der Waals surface area contributed by atoms with E-state index in [1.807, 2.05) is 0 Å². The topological polar surface area (TPSA) is 75.7 Å². The molecule has 0 spiro atoms. The van der Waals surface area contributed by atoms with E-state index in [2.05, 4.69) is 5.32 Å². The molecule has 0 atom stereocenters. The Labute approximate surface area is 164 Å². The first-order chi connectivity index (χ1) is 13.4. The lowest BCUT2D eigenvalue weighted by Gasteiger charge is -2.18. The zero-order valence-corrected chi connectivity index (χ0v) is 16.5. The van der Waals surface area contributed by atoms with E-state index in [0.29, 0.717) is 26.1 Å². The molecule has 8 heteroatoms. The van der Waals surface area contributed by atoms with E-state index in [9.17, 15) is 17.6 Å². The Hall–Kier alpha value is -2.45. The van der Waals surface area contributed by atoms with Gasteiger partial charge in [-0.15, -0.1) is 0 Å². The lowest BCUT2D eigenvalue weighted by atomic mass is 10.1. The molecule has 1 saturated heterocycles. The van der Waals surface area contributed by atoms with E-state index >= 15 is 0 Å². The number of carbonyl (C=O) groups is 1. The molecule has 0 bridgehead atoms. The number of nitrogens with one attached hydrogen (secondary N) is 1. The van der Waals surface area contributed by atoms with Crippen LogP contribution >= 0.6 is 0 Å². The fourth-order valence-corrected chi connectivity index (χ4v) is 4.90. The Bertz CT molecular complexity index is 956. The molecule has 1 heterocycles. The maximum absolute atomic E-state index is 13.2. The summed E-state index contributed by atoms with van der Waals surface area (Å²) in [4.78, 5) is 12.5. The summed E-state index contributed by atoms with van der Waals surface area (Å²) in [5.74, 6) is -0.504. The first-order valence-corrected chi connectivity index (χ1v) is 10.6. The van der Waals surface area contributed by atoms with E-state index in [0.717, 1.165) is 18.4 Å². The summed E-state index contributed by atoms with van der Waals surface area (Å²) in [5.41, 5.74) is 1.00. The van der Waals surface area contributed by atoms with Gasteiger partial charge in [0.2, 0.25) is 10.0 Å². The van der Waals surface area contributed by atoms with Gasteiger partial charge in [0.15, 0.2) is 0 Å². The van der Waals surface area contributed by atoms with Gasteiger partial charge < -0.3 is 10.1 Å². The molecule has 1 aliphatic rings. The smallest absolute Gasteiger partial charge is 0.251 e. The van der Waals surface area contributed by atoms with Crippen LogP contribution in [0.25, 0.3) is 0 Å². The number of nitrogens with zero attached hydrogens (tertiary/aromatic N) is 1. The minimum atomic E-state index is -3.72. The number of halogens is 1. The molecule has 1 N–H and O–H groups in total. The third-order valence-electron chi connectivity index (χ3n) is 4.70. The Morgan fingerprint density at radius 2 is 1.93 bits per heavy atom. The van der Waals surface area contributed by atoms with E-state index < -0.39 is 15.9 Å². The summed E-state index contributed by atoms with van der Waals surface area (Å²) >= 11 is 0. The number of sulfonamides is 1. The van der Waals surface area contributed by atoms with Gasteiger partial charge in [-0.05, 0) is 55.2 Å². The van der Waals surface area contributed by atoms with E-state index in [1.54, 1.807) is 12.1 Å². The van der Waals surface area contributed by atoms with Crippen LogP contribution in [0, 0.1) is 5.82 Å². The number of carbonyl (C=O) groups excluding carboxylic acids is 1. The summed E-state index contributed by atoms with van der Waals surface area (Å²) in [6.07, 6.45) is 2.11. The summed E-state index contributed by atoms with van der Waals surface area (Å²) < 4.78 is 45.6. The van der Waals surface area contributed by atoms with Gasteiger partial charge in [0, 0.05) is 25.2 Å². The number of benzene rings is 2. The average Bonchev–Trinajstić information content (AvgIpc) is 3.23. The Balaban J connectivity index is 1.74. The van der Waals surface area contributed by atoms with Gasteiger partial charge in [0.05, 0.1) is 7.11 Å². The summed E-state index contributed by atoms with van der Waals surface area (Å²) in [7, 11) is -2.32. The standard InChI is InChI=1S/C20H23FN2O4S/c1-27-18-8-7-16(14-19(18)28(25,26)23-11-2-3-12-23)20(24)22-10-9-15-5-4-6-17(21)13-15/h4-8,13-14H,2-3,9-12H2,1H3,(H,22,24). The molecule has 3 rings (SSSR count). The Kier molecular flexibility index (Phi) is 6.31. The molecule has 1 aliphatic heterocycles. The van der Waals surface area contributed by atoms with Crippen molar-refractivity contribution >= 4 is 15.9 Å². The normalized spacial score (nSPS) is 14.8. The average molecular weight is 406 g/mol. The monoisotopic (exact) mass is 406 g/mol. The maximum Gasteiger partial charge on any atom is 0.251 e. The van der Waals surface area contributed by atoms with Crippen LogP contribution < -0.4 is 10.1 Å². The molecule has 150 valence electrons. The molecule has 0 aliphatic carbocycles. The van der Waals surface area contributed by atoms with E-state index in [1.165, 1.54) is 41.7 Å². The van der Waals surface area contributed by atoms with Crippen molar-refractivity contribution < 1.29 is 22.3 Å². The van der Waals surface area contributed by atoms with Crippen LogP contribution in [-0.4, -0.2) is 45.4 Å². The second-order valence-electron chi connectivity index (χ2n) is 6.61. The summed E-state index contributed by atoms with van der Waals surface area (Å²) in [5, 5.41) is 2.74. The van der Waals surface area contributed by atoms with E-state index in [4.69, 9.17) is 4.74 Å². The molecule has 0 saturated carbocycles. The molecule has 28 heavy (non-hydrogen) atoms. The van der Waals surface area contributed by atoms with Crippen molar-refractivity contribution in [2.45, 2.75) is 24.2 Å². The molecule has 0 unspecified atom stereocenters. The minimum Gasteiger partial charge on any atom is -0.495 e. The van der Waals surface area contributed by atoms with Crippen molar-refractivity contribution in [2.24, 2.45) is 0 Å². The van der Waals surface area contributed by atoms with Gasteiger partial charge in [-0.1, -0.05) is 12.1 Å². The van der Waals surface area contributed by atoms with Crippen molar-refractivity contribution in [1.82, 2.24) is 9.62 Å². The molecule has 2 aromatic carbocycles. The summed E-state index contributed by atoms with van der Waals surface area (Å²) in [6, 6.07) is 10.5. The first kappa shape index (κ1) is 20.3. The third kappa shape index (κ3) is 4.51. The highest BCUT2D eigenvalue weighted by Gasteiger charge is 2.30. The Morgan fingerprint density at radius 1 is 1.18 bits per heavy atom. The highest BCUT2D eigenvalue weighted by molar-refractivity contribution is 7.89. The number of ether oxygens (including phenoxy) is 1.